The smallest absolute Gasteiger partial charge is 0.124 e. The summed E-state index contributed by atoms with van der Waals surface area (Å²) in [6.45, 7) is 2.38. The average Bonchev–Trinajstić information content (AvgIpc) is 3.01. The normalized spacial score (nSPS) is 25.4. The zero-order chi connectivity index (χ0) is 13.2. The van der Waals surface area contributed by atoms with E-state index in [0.29, 0.717) is 6.54 Å². The van der Waals surface area contributed by atoms with Crippen LogP contribution in [0.15, 0.2) is 18.2 Å². The first-order valence-electron chi connectivity index (χ1n) is 6.97. The lowest BCUT2D eigenvalue weighted by Gasteiger charge is -2.27. The first kappa shape index (κ1) is 12.7. The molecule has 2 fully saturated rings. The van der Waals surface area contributed by atoms with Crippen LogP contribution < -0.4 is 5.73 Å². The van der Waals surface area contributed by atoms with Crippen LogP contribution in [-0.2, 0) is 6.54 Å². The Morgan fingerprint density at radius 2 is 2.26 bits per heavy atom. The van der Waals surface area contributed by atoms with Gasteiger partial charge in [-0.15, -0.1) is 0 Å². The van der Waals surface area contributed by atoms with Crippen molar-refractivity contribution in [3.63, 3.8) is 0 Å². The second kappa shape index (κ2) is 5.32. The minimum absolute atomic E-state index is 0.229. The Labute approximate surface area is 113 Å². The lowest BCUT2D eigenvalue weighted by Crippen LogP contribution is -2.31. The highest BCUT2D eigenvalue weighted by molar-refractivity contribution is 5.42. The molecule has 0 spiro atoms. The Morgan fingerprint density at radius 1 is 1.37 bits per heavy atom. The number of fused-ring (bicyclic) bond motifs is 2. The molecule has 2 aliphatic rings. The van der Waals surface area contributed by atoms with Crippen LogP contribution in [0.3, 0.4) is 0 Å². The van der Waals surface area contributed by atoms with Crippen LogP contribution in [0.4, 0.5) is 4.39 Å². The quantitative estimate of drug-likeness (QED) is 0.823. The maximum Gasteiger partial charge on any atom is 0.124 e. The van der Waals surface area contributed by atoms with Crippen LogP contribution in [-0.4, -0.2) is 24.0 Å². The predicted octanol–water partition coefficient (Wildman–Crippen LogP) is 2.12. The van der Waals surface area contributed by atoms with Crippen LogP contribution in [0.1, 0.15) is 30.4 Å². The molecule has 1 heterocycles. The molecular weight excluding hydrogens is 239 g/mol. The van der Waals surface area contributed by atoms with Gasteiger partial charge in [-0.3, -0.25) is 4.90 Å². The van der Waals surface area contributed by atoms with E-state index < -0.39 is 0 Å². The highest BCUT2D eigenvalue weighted by atomic mass is 19.1. The molecule has 2 nitrogen and oxygen atoms in total. The summed E-state index contributed by atoms with van der Waals surface area (Å²) in [6, 6.07) is 5.64. The summed E-state index contributed by atoms with van der Waals surface area (Å²) < 4.78 is 13.3. The highest BCUT2D eigenvalue weighted by Crippen LogP contribution is 2.38. The molecule has 1 aliphatic heterocycles. The molecule has 1 saturated carbocycles. The molecule has 3 heteroatoms. The summed E-state index contributed by atoms with van der Waals surface area (Å²) in [6.07, 6.45) is 4.03. The maximum atomic E-state index is 13.3. The third-order valence-electron chi connectivity index (χ3n) is 4.29. The van der Waals surface area contributed by atoms with E-state index >= 15 is 0 Å². The molecular formula is C16H19FN2. The van der Waals surface area contributed by atoms with Gasteiger partial charge in [-0.2, -0.15) is 0 Å². The van der Waals surface area contributed by atoms with E-state index in [2.05, 4.69) is 16.7 Å². The predicted molar refractivity (Wildman–Crippen MR) is 73.9 cm³/mol. The first-order valence-corrected chi connectivity index (χ1v) is 6.97. The molecule has 19 heavy (non-hydrogen) atoms. The Bertz CT molecular complexity index is 529. The van der Waals surface area contributed by atoms with Crippen molar-refractivity contribution in [2.24, 2.45) is 11.7 Å². The fourth-order valence-corrected chi connectivity index (χ4v) is 3.39. The summed E-state index contributed by atoms with van der Waals surface area (Å²) >= 11 is 0. The summed E-state index contributed by atoms with van der Waals surface area (Å²) in [5, 5.41) is 0. The van der Waals surface area contributed by atoms with Gasteiger partial charge in [0.15, 0.2) is 0 Å². The Balaban J connectivity index is 1.80. The summed E-state index contributed by atoms with van der Waals surface area (Å²) in [5.41, 5.74) is 7.31. The van der Waals surface area contributed by atoms with Crippen LogP contribution in [0.5, 0.6) is 0 Å². The number of hydrogen-bond donors (Lipinski definition) is 1. The molecule has 1 saturated heterocycles. The van der Waals surface area contributed by atoms with Gasteiger partial charge in [0.1, 0.15) is 5.82 Å². The number of likely N-dealkylation sites (tertiary alicyclic amines) is 1. The second-order valence-corrected chi connectivity index (χ2v) is 5.57. The van der Waals surface area contributed by atoms with Crippen molar-refractivity contribution >= 4 is 0 Å². The topological polar surface area (TPSA) is 29.3 Å². The van der Waals surface area contributed by atoms with Crippen LogP contribution >= 0.6 is 0 Å². The van der Waals surface area contributed by atoms with Gasteiger partial charge in [0, 0.05) is 24.7 Å². The molecule has 1 aliphatic carbocycles. The highest BCUT2D eigenvalue weighted by Gasteiger charge is 2.37. The molecule has 1 aromatic rings. The zero-order valence-corrected chi connectivity index (χ0v) is 11.0. The van der Waals surface area contributed by atoms with E-state index in [0.717, 1.165) is 29.6 Å². The van der Waals surface area contributed by atoms with Gasteiger partial charge in [0.25, 0.3) is 0 Å². The van der Waals surface area contributed by atoms with Crippen LogP contribution in [0.25, 0.3) is 0 Å². The number of nitrogens with two attached hydrogens (primary N) is 1. The third-order valence-corrected chi connectivity index (χ3v) is 4.29. The van der Waals surface area contributed by atoms with Crippen molar-refractivity contribution in [2.45, 2.75) is 31.8 Å². The molecule has 100 valence electrons. The Hall–Kier alpha value is -1.37. The van der Waals surface area contributed by atoms with Crippen LogP contribution in [0, 0.1) is 23.6 Å². The van der Waals surface area contributed by atoms with Crippen molar-refractivity contribution in [1.29, 1.82) is 0 Å². The van der Waals surface area contributed by atoms with E-state index in [9.17, 15) is 4.39 Å². The number of hydrogen-bond acceptors (Lipinski definition) is 2. The van der Waals surface area contributed by atoms with E-state index in [1.54, 1.807) is 0 Å². The molecule has 0 amide bonds. The third kappa shape index (κ3) is 2.65. The average molecular weight is 258 g/mol. The minimum Gasteiger partial charge on any atom is -0.320 e. The van der Waals surface area contributed by atoms with Gasteiger partial charge < -0.3 is 5.73 Å². The summed E-state index contributed by atoms with van der Waals surface area (Å²) in [4.78, 5) is 2.52. The summed E-state index contributed by atoms with van der Waals surface area (Å²) in [5.74, 6) is 6.46. The van der Waals surface area contributed by atoms with E-state index in [4.69, 9.17) is 5.73 Å². The van der Waals surface area contributed by atoms with E-state index in [1.807, 2.05) is 6.07 Å². The van der Waals surface area contributed by atoms with Crippen molar-refractivity contribution < 1.29 is 4.39 Å². The van der Waals surface area contributed by atoms with E-state index in [-0.39, 0.29) is 5.82 Å². The van der Waals surface area contributed by atoms with Gasteiger partial charge in [0.2, 0.25) is 0 Å². The van der Waals surface area contributed by atoms with Crippen molar-refractivity contribution in [3.05, 3.63) is 35.1 Å². The number of benzene rings is 1. The molecule has 3 rings (SSSR count). The van der Waals surface area contributed by atoms with Gasteiger partial charge >= 0.3 is 0 Å². The van der Waals surface area contributed by atoms with Crippen molar-refractivity contribution in [3.8, 4) is 11.8 Å². The first-order chi connectivity index (χ1) is 9.26. The second-order valence-electron chi connectivity index (χ2n) is 5.57. The van der Waals surface area contributed by atoms with Crippen molar-refractivity contribution in [2.75, 3.05) is 13.1 Å². The standard InChI is InChI=1S/C16H19FN2/c17-15-5-4-14(13(9-15)2-1-7-18)11-19-10-12-3-6-16(19)8-12/h4-5,9,12,16H,3,6-8,10-11,18H2. The van der Waals surface area contributed by atoms with Gasteiger partial charge in [-0.1, -0.05) is 17.9 Å². The molecule has 2 unspecified atom stereocenters. The Morgan fingerprint density at radius 3 is 2.95 bits per heavy atom. The lowest BCUT2D eigenvalue weighted by molar-refractivity contribution is 0.205. The Kier molecular flexibility index (Phi) is 3.54. The fourth-order valence-electron chi connectivity index (χ4n) is 3.39. The fraction of sp³-hybridized carbons (Fsp3) is 0.500. The monoisotopic (exact) mass is 258 g/mol. The number of halogens is 1. The number of nitrogens with zero attached hydrogens (tertiary/aromatic N) is 1. The minimum atomic E-state index is -0.229. The SMILES string of the molecule is NCC#Cc1cc(F)ccc1CN1CC2CCC1C2. The van der Waals surface area contributed by atoms with E-state index in [1.165, 1.54) is 37.9 Å². The molecule has 2 N–H and O–H groups in total. The molecule has 0 aromatic heterocycles. The largest absolute Gasteiger partial charge is 0.320 e. The number of piperidine rings is 1. The summed E-state index contributed by atoms with van der Waals surface area (Å²) in [7, 11) is 0. The molecule has 2 bridgehead atoms. The van der Waals surface area contributed by atoms with Gasteiger partial charge in [-0.05, 0) is 42.9 Å². The van der Waals surface area contributed by atoms with Crippen LogP contribution in [0.2, 0.25) is 0 Å². The zero-order valence-electron chi connectivity index (χ0n) is 11.0. The maximum absolute atomic E-state index is 13.3. The van der Waals surface area contributed by atoms with Gasteiger partial charge in [0.05, 0.1) is 6.54 Å². The number of rotatable bonds is 2. The molecule has 1 aromatic carbocycles. The molecule has 0 radical (unpaired) electrons. The lowest BCUT2D eigenvalue weighted by atomic mass is 10.0. The van der Waals surface area contributed by atoms with Gasteiger partial charge in [-0.25, -0.2) is 4.39 Å². The van der Waals surface area contributed by atoms with Crippen molar-refractivity contribution in [1.82, 2.24) is 4.90 Å². The molecule has 2 atom stereocenters.